The van der Waals surface area contributed by atoms with Gasteiger partial charge in [-0.05, 0) is 371 Å². The van der Waals surface area contributed by atoms with Crippen LogP contribution in [-0.2, 0) is 77.0 Å². The minimum absolute atomic E-state index is 0.00589. The summed E-state index contributed by atoms with van der Waals surface area (Å²) in [6.45, 7) is 60.6. The molecule has 15 fully saturated rings. The van der Waals surface area contributed by atoms with Gasteiger partial charge < -0.3 is 38.6 Å². The number of carbonyl (C=O) groups is 6. The van der Waals surface area contributed by atoms with Crippen LogP contribution in [0.1, 0.15) is 362 Å². The van der Waals surface area contributed by atoms with E-state index >= 15 is 0 Å². The molecular formula is C120H180O14S. The number of hydrogen-bond donors (Lipinski definition) is 3. The van der Waals surface area contributed by atoms with Gasteiger partial charge in [-0.15, -0.1) is 0 Å². The molecule has 0 spiro atoms. The Morgan fingerprint density at radius 2 is 0.637 bits per heavy atom. The molecule has 0 radical (unpaired) electrons. The lowest BCUT2D eigenvalue weighted by Crippen LogP contribution is -2.67. The van der Waals surface area contributed by atoms with Crippen LogP contribution in [0.25, 0.3) is 0 Å². The van der Waals surface area contributed by atoms with E-state index in [2.05, 4.69) is 143 Å². The Labute approximate surface area is 821 Å². The van der Waals surface area contributed by atoms with Gasteiger partial charge in [0.05, 0.1) is 22.9 Å². The molecule has 0 saturated heterocycles. The highest BCUT2D eigenvalue weighted by atomic mass is 32.1. The molecule has 3 aromatic rings. The van der Waals surface area contributed by atoms with Crippen LogP contribution in [0, 0.1) is 176 Å². The van der Waals surface area contributed by atoms with Gasteiger partial charge in [-0.1, -0.05) is 234 Å². The van der Waals surface area contributed by atoms with E-state index in [0.717, 1.165) is 157 Å². The summed E-state index contributed by atoms with van der Waals surface area (Å²) in [6, 6.07) is 30.2. The van der Waals surface area contributed by atoms with Crippen LogP contribution in [0.3, 0.4) is 0 Å². The minimum atomic E-state index is -0.504. The first-order valence-corrected chi connectivity index (χ1v) is 54.7. The second-order valence-electron chi connectivity index (χ2n) is 50.9. The number of ether oxygens (including phenoxy) is 6. The van der Waals surface area contributed by atoms with Crippen molar-refractivity contribution in [3.8, 4) is 0 Å². The lowest BCUT2D eigenvalue weighted by molar-refractivity contribution is -0.252. The SMILES string of the molecule is C=C(C)[C@@H]1CC[C@]2(C(=O)OCc3ccccc3)CC[C@]3(C)[C@H](CC[C@@H]4[C@@]5(C)CC[C@H](OC(C)=O)C(C)(C)[C@@H]5CC[C@]43C)[C@@H]12.C=C(CO)[C@@H]1CC[C@]2(C(=O)OCc3ccccc3)CC[C@]3(C)[C@H](CC[C@@H]4[C@@]5(C)CC[C@H](OC(C)=O)C(C)(C)[C@@H]5CC[C@]43C)[C@@H]12.CC.CC(=O)O[C@H]1CC[C@]2(C)[C@H]3CC[C@@H]4[C@H]5[C@H](C(C)CO)CC[C@]5(C(=O)OCc5ccccc5)CC[C@@]4(C)[C@]3(C)CC[C@H]2C1(C)C.CS. The third-order valence-corrected chi connectivity index (χ3v) is 45.3. The summed E-state index contributed by atoms with van der Waals surface area (Å²) >= 11 is 3.53. The van der Waals surface area contributed by atoms with Crippen LogP contribution in [0.4, 0.5) is 0 Å². The normalized spacial score (nSPS) is 43.2. The molecule has 0 aromatic heterocycles. The summed E-state index contributed by atoms with van der Waals surface area (Å²) in [5, 5.41) is 20.7. The van der Waals surface area contributed by atoms with E-state index in [-0.39, 0.29) is 156 Å². The second kappa shape index (κ2) is 39.2. The van der Waals surface area contributed by atoms with Crippen LogP contribution < -0.4 is 0 Å². The van der Waals surface area contributed by atoms with Gasteiger partial charge in [0.1, 0.15) is 38.1 Å². The zero-order chi connectivity index (χ0) is 98.4. The molecule has 750 valence electrons. The molecule has 15 heteroatoms. The molecule has 1 unspecified atom stereocenters. The zero-order valence-electron chi connectivity index (χ0n) is 88.0. The number of carbonyl (C=O) groups excluding carboxylic acids is 6. The van der Waals surface area contributed by atoms with E-state index in [4.69, 9.17) is 28.4 Å². The highest BCUT2D eigenvalue weighted by Crippen LogP contribution is 2.83. The molecular weight excluding hydrogens is 1700 g/mol. The summed E-state index contributed by atoms with van der Waals surface area (Å²) in [7, 11) is 0. The Morgan fingerprint density at radius 3 is 0.933 bits per heavy atom. The Hall–Kier alpha value is -5.77. The fourth-order valence-corrected chi connectivity index (χ4v) is 38.5. The molecule has 135 heavy (non-hydrogen) atoms. The van der Waals surface area contributed by atoms with Crippen LogP contribution in [-0.4, -0.2) is 83.8 Å². The largest absolute Gasteiger partial charge is 0.462 e. The monoisotopic (exact) mass is 1880 g/mol. The second-order valence-corrected chi connectivity index (χ2v) is 50.9. The number of fused-ring (bicyclic) bond motifs is 21. The summed E-state index contributed by atoms with van der Waals surface area (Å²) < 4.78 is 36.3. The number of aliphatic hydroxyl groups excluding tert-OH is 2. The predicted molar refractivity (Wildman–Crippen MR) is 541 cm³/mol. The van der Waals surface area contributed by atoms with Crippen molar-refractivity contribution in [1.82, 2.24) is 0 Å². The van der Waals surface area contributed by atoms with Crippen LogP contribution in [0.15, 0.2) is 115 Å². The van der Waals surface area contributed by atoms with Crippen LogP contribution >= 0.6 is 12.6 Å². The smallest absolute Gasteiger partial charge is 0.312 e. The molecule has 0 bridgehead atoms. The number of benzene rings is 3. The summed E-state index contributed by atoms with van der Waals surface area (Å²) in [5.74, 6) is 6.11. The molecule has 14 nitrogen and oxygen atoms in total. The molecule has 0 aliphatic heterocycles. The topological polar surface area (TPSA) is 198 Å². The van der Waals surface area contributed by atoms with Crippen molar-refractivity contribution in [2.75, 3.05) is 19.5 Å². The average molecular weight is 1880 g/mol. The molecule has 15 aliphatic rings. The Morgan fingerprint density at radius 1 is 0.348 bits per heavy atom. The van der Waals surface area contributed by atoms with Crippen molar-refractivity contribution in [2.24, 2.45) is 176 Å². The van der Waals surface area contributed by atoms with Gasteiger partial charge in [0, 0.05) is 43.6 Å². The summed E-state index contributed by atoms with van der Waals surface area (Å²) in [5.41, 5.74) is 5.36. The van der Waals surface area contributed by atoms with E-state index < -0.39 is 16.2 Å². The molecule has 15 saturated carbocycles. The third kappa shape index (κ3) is 17.0. The lowest BCUT2D eigenvalue weighted by Gasteiger charge is -2.72. The molecule has 15 aliphatic carbocycles. The zero-order valence-corrected chi connectivity index (χ0v) is 88.9. The summed E-state index contributed by atoms with van der Waals surface area (Å²) in [6.07, 6.45) is 33.5. The molecule has 31 atom stereocenters. The molecule has 0 amide bonds. The van der Waals surface area contributed by atoms with E-state index in [1.54, 1.807) is 27.0 Å². The molecule has 18 rings (SSSR count). The van der Waals surface area contributed by atoms with Gasteiger partial charge in [-0.3, -0.25) is 28.8 Å². The van der Waals surface area contributed by atoms with E-state index in [1.165, 1.54) is 63.4 Å². The first-order valence-electron chi connectivity index (χ1n) is 53.8. The van der Waals surface area contributed by atoms with Crippen LogP contribution in [0.5, 0.6) is 0 Å². The van der Waals surface area contributed by atoms with Crippen molar-refractivity contribution in [3.05, 3.63) is 132 Å². The Kier molecular flexibility index (Phi) is 30.5. The number of rotatable bonds is 17. The standard InChI is InChI=1S/C39H58O5.C39H56O5.C39H56O4.C2H6.CH4S/c2*1-25(23-40)28-15-20-39(34(42)43-24-27-11-9-8-10-12-27)22-21-37(6)29(33(28)39)13-14-31-36(5)18-17-32(44-26(2)41)35(3,4)30(36)16-19-38(31,37)7;1-25(2)28-16-21-39(34(41)42-24-27-12-10-9-11-13-27)23-22-37(7)29(33(28)39)14-15-31-36(6)19-18-32(43-26(3)40)35(4,5)30(36)17-20-38(31,37)8;2*1-2/h8-12,25,28-33,40H,13-24H2,1-7H3;8-12,28-33,40H,1,13-24H2,2-7H3;9-13,28-33H,1,14-24H2,2-8H3;1-2H3;2H,1H3/t25?,28-,29+,30-,31+,32-,33+,36-,37+,38+,39-;2*28-,29+,30-,31+,32-,33+,36-,37+,38+,39-;;/m000../s1. The Bertz CT molecular complexity index is 4730. The highest BCUT2D eigenvalue weighted by Gasteiger charge is 2.78. The third-order valence-electron chi connectivity index (χ3n) is 45.3. The number of aliphatic hydroxyl groups is 2. The fourth-order valence-electron chi connectivity index (χ4n) is 38.5. The highest BCUT2D eigenvalue weighted by molar-refractivity contribution is 7.79. The first kappa shape index (κ1) is 105. The van der Waals surface area contributed by atoms with E-state index in [1.807, 2.05) is 105 Å². The maximum atomic E-state index is 14.3. The number of esters is 6. The maximum absolute atomic E-state index is 14.3. The van der Waals surface area contributed by atoms with Crippen LogP contribution in [0.2, 0.25) is 0 Å². The van der Waals surface area contributed by atoms with Crippen molar-refractivity contribution >= 4 is 48.4 Å². The molecule has 0 heterocycles. The van der Waals surface area contributed by atoms with Crippen molar-refractivity contribution < 1.29 is 67.4 Å². The Balaban J connectivity index is 0.000000159. The lowest BCUT2D eigenvalue weighted by atomic mass is 9.32. The van der Waals surface area contributed by atoms with Gasteiger partial charge in [-0.25, -0.2) is 0 Å². The van der Waals surface area contributed by atoms with Gasteiger partial charge in [0.15, 0.2) is 0 Å². The quantitative estimate of drug-likeness (QED) is 0.0499. The predicted octanol–water partition coefficient (Wildman–Crippen LogP) is 27.6. The maximum Gasteiger partial charge on any atom is 0.312 e. The van der Waals surface area contributed by atoms with Gasteiger partial charge in [0.25, 0.3) is 0 Å². The average Bonchev–Trinajstić information content (AvgIpc) is 1.68. The number of hydrogen-bond acceptors (Lipinski definition) is 15. The molecule has 2 N–H and O–H groups in total. The van der Waals surface area contributed by atoms with Crippen molar-refractivity contribution in [2.45, 2.75) is 383 Å². The van der Waals surface area contributed by atoms with E-state index in [0.29, 0.717) is 90.8 Å². The molecule has 3 aromatic carbocycles. The number of thiol groups is 1. The fraction of sp³-hybridized carbons (Fsp3) is 0.767. The summed E-state index contributed by atoms with van der Waals surface area (Å²) in [4.78, 5) is 78.8. The van der Waals surface area contributed by atoms with Crippen molar-refractivity contribution in [3.63, 3.8) is 0 Å². The van der Waals surface area contributed by atoms with Crippen molar-refractivity contribution in [1.29, 1.82) is 0 Å². The van der Waals surface area contributed by atoms with E-state index in [9.17, 15) is 39.0 Å². The minimum Gasteiger partial charge on any atom is -0.462 e. The van der Waals surface area contributed by atoms with Gasteiger partial charge in [0.2, 0.25) is 0 Å². The van der Waals surface area contributed by atoms with Gasteiger partial charge in [-0.2, -0.15) is 12.6 Å². The number of allylic oxidation sites excluding steroid dienone is 1. The van der Waals surface area contributed by atoms with Gasteiger partial charge >= 0.3 is 35.8 Å². The first-order chi connectivity index (χ1) is 63.7.